The molecule has 1 N–H and O–H groups in total. The molecule has 4 nitrogen and oxygen atoms in total. The van der Waals surface area contributed by atoms with Crippen LogP contribution in [0.1, 0.15) is 41.2 Å². The summed E-state index contributed by atoms with van der Waals surface area (Å²) in [6.07, 6.45) is 0.250. The average molecular weight is 352 g/mol. The lowest BCUT2D eigenvalue weighted by molar-refractivity contribution is -0.117. The molecule has 0 radical (unpaired) electrons. The number of benzene rings is 2. The molecule has 2 aromatic rings. The fraction of sp³-hybridized carbons (Fsp3) is 0.364. The molecule has 0 aliphatic carbocycles. The second-order valence-corrected chi connectivity index (χ2v) is 6.96. The minimum Gasteiger partial charge on any atom is -0.326 e. The molecule has 0 saturated heterocycles. The molecular formula is C22H28N2O2. The fourth-order valence-electron chi connectivity index (χ4n) is 3.27. The van der Waals surface area contributed by atoms with E-state index >= 15 is 0 Å². The van der Waals surface area contributed by atoms with Crippen molar-refractivity contribution in [2.45, 2.75) is 48.0 Å². The number of nitrogens with zero attached hydrogens (tertiary/aromatic N) is 1. The van der Waals surface area contributed by atoms with Crippen molar-refractivity contribution in [1.29, 1.82) is 0 Å². The Morgan fingerprint density at radius 1 is 0.962 bits per heavy atom. The number of hydrogen-bond donors (Lipinski definition) is 1. The van der Waals surface area contributed by atoms with E-state index in [1.807, 2.05) is 52.8 Å². The van der Waals surface area contributed by atoms with Crippen LogP contribution in [-0.4, -0.2) is 18.4 Å². The highest BCUT2D eigenvalue weighted by molar-refractivity contribution is 5.96. The summed E-state index contributed by atoms with van der Waals surface area (Å²) in [5.41, 5.74) is 7.20. The van der Waals surface area contributed by atoms with Crippen molar-refractivity contribution < 1.29 is 9.59 Å². The molecule has 0 saturated carbocycles. The summed E-state index contributed by atoms with van der Waals surface area (Å²) in [5.74, 6) is -0.147. The molecule has 4 heteroatoms. The zero-order valence-electron chi connectivity index (χ0n) is 16.6. The Morgan fingerprint density at radius 3 is 2.15 bits per heavy atom. The molecule has 0 heterocycles. The predicted molar refractivity (Wildman–Crippen MR) is 108 cm³/mol. The number of hydrogen-bond acceptors (Lipinski definition) is 2. The van der Waals surface area contributed by atoms with Gasteiger partial charge in [-0.2, -0.15) is 0 Å². The summed E-state index contributed by atoms with van der Waals surface area (Å²) in [6.45, 7) is 11.9. The summed E-state index contributed by atoms with van der Waals surface area (Å²) in [4.78, 5) is 26.3. The number of carbonyl (C=O) groups is 2. The summed E-state index contributed by atoms with van der Waals surface area (Å²) < 4.78 is 0. The lowest BCUT2D eigenvalue weighted by atomic mass is 10.0. The topological polar surface area (TPSA) is 49.4 Å². The van der Waals surface area contributed by atoms with Crippen molar-refractivity contribution in [2.24, 2.45) is 0 Å². The molecule has 138 valence electrons. The van der Waals surface area contributed by atoms with E-state index in [9.17, 15) is 9.59 Å². The Morgan fingerprint density at radius 2 is 1.58 bits per heavy atom. The first-order valence-corrected chi connectivity index (χ1v) is 8.92. The van der Waals surface area contributed by atoms with Gasteiger partial charge < -0.3 is 10.2 Å². The number of rotatable bonds is 5. The van der Waals surface area contributed by atoms with E-state index in [1.165, 1.54) is 12.5 Å². The van der Waals surface area contributed by atoms with Gasteiger partial charge in [0.15, 0.2) is 0 Å². The number of carbonyl (C=O) groups excluding carboxylic acids is 2. The predicted octanol–water partition coefficient (Wildman–Crippen LogP) is 4.61. The maximum Gasteiger partial charge on any atom is 0.226 e. The molecule has 26 heavy (non-hydrogen) atoms. The van der Waals surface area contributed by atoms with E-state index in [-0.39, 0.29) is 18.2 Å². The third-order valence-corrected chi connectivity index (χ3v) is 4.75. The van der Waals surface area contributed by atoms with Crippen molar-refractivity contribution in [3.05, 3.63) is 58.1 Å². The zero-order chi connectivity index (χ0) is 19.4. The SMILES string of the molecule is CC(=O)N(CCC(=O)Nc1c(C)cc(C)cc1C)c1cccc(C)c1C. The molecule has 2 amide bonds. The zero-order valence-corrected chi connectivity index (χ0v) is 16.6. The van der Waals surface area contributed by atoms with Gasteiger partial charge in [0.1, 0.15) is 0 Å². The molecule has 0 fully saturated rings. The molecule has 0 bridgehead atoms. The minimum atomic E-state index is -0.0865. The first kappa shape index (κ1) is 19.7. The van der Waals surface area contributed by atoms with Gasteiger partial charge >= 0.3 is 0 Å². The maximum atomic E-state index is 12.5. The van der Waals surface area contributed by atoms with Crippen LogP contribution in [0.3, 0.4) is 0 Å². The quantitative estimate of drug-likeness (QED) is 0.854. The summed E-state index contributed by atoms with van der Waals surface area (Å²) >= 11 is 0. The normalized spacial score (nSPS) is 10.5. The number of anilines is 2. The molecule has 0 unspecified atom stereocenters. The van der Waals surface area contributed by atoms with Gasteiger partial charge in [0.05, 0.1) is 0 Å². The Hall–Kier alpha value is -2.62. The Labute approximate surface area is 156 Å². The van der Waals surface area contributed by atoms with E-state index in [0.717, 1.165) is 33.6 Å². The highest BCUT2D eigenvalue weighted by atomic mass is 16.2. The first-order valence-electron chi connectivity index (χ1n) is 8.92. The van der Waals surface area contributed by atoms with Gasteiger partial charge in [0.2, 0.25) is 11.8 Å². The average Bonchev–Trinajstić information content (AvgIpc) is 2.54. The van der Waals surface area contributed by atoms with Crippen LogP contribution in [0, 0.1) is 34.6 Å². The maximum absolute atomic E-state index is 12.5. The Kier molecular flexibility index (Phi) is 6.19. The van der Waals surface area contributed by atoms with Crippen LogP contribution in [0.15, 0.2) is 30.3 Å². The van der Waals surface area contributed by atoms with Crippen LogP contribution in [0.2, 0.25) is 0 Å². The summed E-state index contributed by atoms with van der Waals surface area (Å²) in [6, 6.07) is 10.00. The highest BCUT2D eigenvalue weighted by Crippen LogP contribution is 2.24. The lowest BCUT2D eigenvalue weighted by Gasteiger charge is -2.24. The molecule has 0 spiro atoms. The van der Waals surface area contributed by atoms with Gasteiger partial charge in [-0.15, -0.1) is 0 Å². The fourth-order valence-corrected chi connectivity index (χ4v) is 3.27. The van der Waals surface area contributed by atoms with Crippen LogP contribution in [0.5, 0.6) is 0 Å². The van der Waals surface area contributed by atoms with Crippen LogP contribution in [-0.2, 0) is 9.59 Å². The first-order chi connectivity index (χ1) is 12.2. The Bertz CT molecular complexity index is 817. The van der Waals surface area contributed by atoms with Gasteiger partial charge in [-0.25, -0.2) is 0 Å². The molecule has 0 aliphatic rings. The monoisotopic (exact) mass is 352 g/mol. The van der Waals surface area contributed by atoms with Crippen molar-refractivity contribution in [2.75, 3.05) is 16.8 Å². The van der Waals surface area contributed by atoms with Gasteiger partial charge in [-0.05, 0) is 62.9 Å². The smallest absolute Gasteiger partial charge is 0.226 e. The molecule has 0 aliphatic heterocycles. The molecule has 2 aromatic carbocycles. The molecule has 0 aromatic heterocycles. The Balaban J connectivity index is 2.11. The van der Waals surface area contributed by atoms with Crippen LogP contribution in [0.25, 0.3) is 0 Å². The van der Waals surface area contributed by atoms with Gasteiger partial charge in [0, 0.05) is 31.3 Å². The molecular weight excluding hydrogens is 324 g/mol. The number of aryl methyl sites for hydroxylation is 4. The van der Waals surface area contributed by atoms with E-state index in [4.69, 9.17) is 0 Å². The van der Waals surface area contributed by atoms with Gasteiger partial charge in [-0.1, -0.05) is 29.8 Å². The third kappa shape index (κ3) is 4.51. The van der Waals surface area contributed by atoms with Crippen molar-refractivity contribution >= 4 is 23.2 Å². The molecule has 0 atom stereocenters. The van der Waals surface area contributed by atoms with Crippen LogP contribution < -0.4 is 10.2 Å². The number of amides is 2. The second kappa shape index (κ2) is 8.17. The van der Waals surface area contributed by atoms with Gasteiger partial charge in [-0.3, -0.25) is 9.59 Å². The lowest BCUT2D eigenvalue weighted by Crippen LogP contribution is -2.32. The van der Waals surface area contributed by atoms with Gasteiger partial charge in [0.25, 0.3) is 0 Å². The largest absolute Gasteiger partial charge is 0.326 e. The van der Waals surface area contributed by atoms with Crippen LogP contribution in [0.4, 0.5) is 11.4 Å². The van der Waals surface area contributed by atoms with Crippen molar-refractivity contribution in [3.8, 4) is 0 Å². The van der Waals surface area contributed by atoms with E-state index in [1.54, 1.807) is 4.90 Å². The van der Waals surface area contributed by atoms with Crippen LogP contribution >= 0.6 is 0 Å². The number of nitrogens with one attached hydrogen (secondary N) is 1. The van der Waals surface area contributed by atoms with E-state index in [2.05, 4.69) is 17.4 Å². The second-order valence-electron chi connectivity index (χ2n) is 6.96. The summed E-state index contributed by atoms with van der Waals surface area (Å²) in [5, 5.41) is 3.00. The summed E-state index contributed by atoms with van der Waals surface area (Å²) in [7, 11) is 0. The third-order valence-electron chi connectivity index (χ3n) is 4.75. The standard InChI is InChI=1S/C22H28N2O2/c1-14-12-16(3)22(17(4)13-14)23-21(26)10-11-24(19(6)25)20-9-7-8-15(2)18(20)5/h7-9,12-13H,10-11H2,1-6H3,(H,23,26). The van der Waals surface area contributed by atoms with Crippen molar-refractivity contribution in [3.63, 3.8) is 0 Å². The minimum absolute atomic E-state index is 0.0609. The van der Waals surface area contributed by atoms with E-state index in [0.29, 0.717) is 6.54 Å². The van der Waals surface area contributed by atoms with E-state index < -0.39 is 0 Å². The highest BCUT2D eigenvalue weighted by Gasteiger charge is 2.17. The molecule has 2 rings (SSSR count). The van der Waals surface area contributed by atoms with Crippen molar-refractivity contribution in [1.82, 2.24) is 0 Å².